The monoisotopic (exact) mass is 213 g/mol. The van der Waals surface area contributed by atoms with Gasteiger partial charge in [0.15, 0.2) is 0 Å². The van der Waals surface area contributed by atoms with Crippen molar-refractivity contribution in [2.75, 3.05) is 0 Å². The number of aliphatic hydroxyl groups is 1. The molecule has 0 aromatic rings. The van der Waals surface area contributed by atoms with Gasteiger partial charge in [-0.05, 0) is 25.2 Å². The molecule has 15 heavy (non-hydrogen) atoms. The molecule has 1 fully saturated rings. The Labute approximate surface area is 92.3 Å². The van der Waals surface area contributed by atoms with Crippen LogP contribution in [-0.4, -0.2) is 23.2 Å². The highest BCUT2D eigenvalue weighted by atomic mass is 16.3. The van der Waals surface area contributed by atoms with E-state index in [0.717, 1.165) is 19.3 Å². The van der Waals surface area contributed by atoms with Gasteiger partial charge in [0.2, 0.25) is 5.91 Å². The third-order valence-electron chi connectivity index (χ3n) is 3.14. The zero-order valence-electron chi connectivity index (χ0n) is 10.2. The SMILES string of the molecule is C[C@H]1C[C@H](NC(=O)C(C)(C)C)CC[C@@H]1O. The number of hydrogen-bond acceptors (Lipinski definition) is 2. The Kier molecular flexibility index (Phi) is 3.77. The standard InChI is InChI=1S/C12H23NO2/c1-8-7-9(5-6-10(8)14)13-11(15)12(2,3)4/h8-10,14H,5-7H2,1-4H3,(H,13,15)/t8-,9+,10-/m0/s1. The molecule has 1 saturated carbocycles. The van der Waals surface area contributed by atoms with Gasteiger partial charge in [-0.15, -0.1) is 0 Å². The zero-order valence-corrected chi connectivity index (χ0v) is 10.2. The van der Waals surface area contributed by atoms with Gasteiger partial charge in [0, 0.05) is 11.5 Å². The van der Waals surface area contributed by atoms with Gasteiger partial charge in [-0.2, -0.15) is 0 Å². The van der Waals surface area contributed by atoms with E-state index in [1.165, 1.54) is 0 Å². The molecule has 0 saturated heterocycles. The van der Waals surface area contributed by atoms with Crippen molar-refractivity contribution in [3.05, 3.63) is 0 Å². The first-order valence-corrected chi connectivity index (χ1v) is 5.79. The largest absolute Gasteiger partial charge is 0.393 e. The highest BCUT2D eigenvalue weighted by molar-refractivity contribution is 5.81. The van der Waals surface area contributed by atoms with Crippen molar-refractivity contribution in [3.8, 4) is 0 Å². The van der Waals surface area contributed by atoms with Crippen molar-refractivity contribution in [1.29, 1.82) is 0 Å². The summed E-state index contributed by atoms with van der Waals surface area (Å²) in [5.41, 5.74) is -0.320. The van der Waals surface area contributed by atoms with Crippen LogP contribution in [0.15, 0.2) is 0 Å². The Balaban J connectivity index is 2.44. The minimum Gasteiger partial charge on any atom is -0.393 e. The Morgan fingerprint density at radius 1 is 1.33 bits per heavy atom. The first-order chi connectivity index (χ1) is 6.80. The van der Waals surface area contributed by atoms with E-state index in [1.54, 1.807) is 0 Å². The maximum absolute atomic E-state index is 11.7. The molecule has 1 aliphatic rings. The topological polar surface area (TPSA) is 49.3 Å². The predicted molar refractivity (Wildman–Crippen MR) is 60.4 cm³/mol. The Hall–Kier alpha value is -0.570. The van der Waals surface area contributed by atoms with Crippen molar-refractivity contribution in [2.24, 2.45) is 11.3 Å². The average Bonchev–Trinajstić information content (AvgIpc) is 2.10. The molecule has 3 atom stereocenters. The number of amides is 1. The number of carbonyl (C=O) groups is 1. The number of aliphatic hydroxyl groups excluding tert-OH is 1. The van der Waals surface area contributed by atoms with Gasteiger partial charge >= 0.3 is 0 Å². The number of carbonyl (C=O) groups excluding carboxylic acids is 1. The summed E-state index contributed by atoms with van der Waals surface area (Å²) in [4.78, 5) is 11.7. The molecule has 0 bridgehead atoms. The van der Waals surface area contributed by atoms with Gasteiger partial charge in [-0.25, -0.2) is 0 Å². The first-order valence-electron chi connectivity index (χ1n) is 5.79. The number of nitrogens with one attached hydrogen (secondary N) is 1. The molecule has 1 rings (SSSR count). The van der Waals surface area contributed by atoms with E-state index in [4.69, 9.17) is 0 Å². The van der Waals surface area contributed by atoms with Crippen molar-refractivity contribution >= 4 is 5.91 Å². The van der Waals surface area contributed by atoms with E-state index in [-0.39, 0.29) is 23.5 Å². The van der Waals surface area contributed by atoms with Crippen LogP contribution in [0.4, 0.5) is 0 Å². The van der Waals surface area contributed by atoms with Crippen LogP contribution < -0.4 is 5.32 Å². The summed E-state index contributed by atoms with van der Waals surface area (Å²) in [7, 11) is 0. The summed E-state index contributed by atoms with van der Waals surface area (Å²) >= 11 is 0. The Bertz CT molecular complexity index is 232. The second-order valence-electron chi connectivity index (χ2n) is 5.78. The second kappa shape index (κ2) is 4.52. The Morgan fingerprint density at radius 2 is 1.93 bits per heavy atom. The van der Waals surface area contributed by atoms with Gasteiger partial charge < -0.3 is 10.4 Å². The molecule has 0 radical (unpaired) electrons. The maximum atomic E-state index is 11.7. The molecule has 0 aromatic carbocycles. The molecular weight excluding hydrogens is 190 g/mol. The molecule has 1 amide bonds. The predicted octanol–water partition coefficient (Wildman–Crippen LogP) is 1.70. The molecule has 3 nitrogen and oxygen atoms in total. The van der Waals surface area contributed by atoms with Crippen LogP contribution in [0.5, 0.6) is 0 Å². The summed E-state index contributed by atoms with van der Waals surface area (Å²) in [6, 6.07) is 0.245. The lowest BCUT2D eigenvalue weighted by molar-refractivity contribution is -0.129. The average molecular weight is 213 g/mol. The summed E-state index contributed by atoms with van der Waals surface area (Å²) in [5.74, 6) is 0.403. The Morgan fingerprint density at radius 3 is 2.40 bits per heavy atom. The molecule has 3 heteroatoms. The van der Waals surface area contributed by atoms with Crippen molar-refractivity contribution < 1.29 is 9.90 Å². The molecule has 0 unspecified atom stereocenters. The minimum atomic E-state index is -0.320. The normalized spacial score (nSPS) is 32.5. The van der Waals surface area contributed by atoms with E-state index in [9.17, 15) is 9.90 Å². The fraction of sp³-hybridized carbons (Fsp3) is 0.917. The fourth-order valence-corrected chi connectivity index (χ4v) is 1.91. The summed E-state index contributed by atoms with van der Waals surface area (Å²) in [5, 5.41) is 12.6. The number of hydrogen-bond donors (Lipinski definition) is 2. The van der Waals surface area contributed by atoms with Crippen LogP contribution in [0.3, 0.4) is 0 Å². The van der Waals surface area contributed by atoms with Crippen LogP contribution in [-0.2, 0) is 4.79 Å². The summed E-state index contributed by atoms with van der Waals surface area (Å²) in [6.07, 6.45) is 2.40. The van der Waals surface area contributed by atoms with E-state index >= 15 is 0 Å². The molecule has 0 aliphatic heterocycles. The van der Waals surface area contributed by atoms with Crippen LogP contribution >= 0.6 is 0 Å². The highest BCUT2D eigenvalue weighted by Crippen LogP contribution is 2.25. The second-order valence-corrected chi connectivity index (χ2v) is 5.78. The molecule has 0 aromatic heterocycles. The van der Waals surface area contributed by atoms with Crippen molar-refractivity contribution in [3.63, 3.8) is 0 Å². The first kappa shape index (κ1) is 12.5. The van der Waals surface area contributed by atoms with Crippen LogP contribution in [0, 0.1) is 11.3 Å². The summed E-state index contributed by atoms with van der Waals surface area (Å²) in [6.45, 7) is 7.80. The molecule has 1 aliphatic carbocycles. The van der Waals surface area contributed by atoms with Crippen molar-refractivity contribution in [2.45, 2.75) is 59.1 Å². The van der Waals surface area contributed by atoms with E-state index in [2.05, 4.69) is 5.32 Å². The number of rotatable bonds is 1. The van der Waals surface area contributed by atoms with Crippen molar-refractivity contribution in [1.82, 2.24) is 5.32 Å². The lowest BCUT2D eigenvalue weighted by atomic mass is 9.84. The molecule has 0 heterocycles. The van der Waals surface area contributed by atoms with Gasteiger partial charge in [-0.3, -0.25) is 4.79 Å². The van der Waals surface area contributed by atoms with E-state index in [1.807, 2.05) is 27.7 Å². The smallest absolute Gasteiger partial charge is 0.225 e. The minimum absolute atomic E-state index is 0.107. The molecule has 88 valence electrons. The van der Waals surface area contributed by atoms with Crippen LogP contribution in [0.25, 0.3) is 0 Å². The van der Waals surface area contributed by atoms with E-state index < -0.39 is 0 Å². The van der Waals surface area contributed by atoms with E-state index in [0.29, 0.717) is 5.92 Å². The quantitative estimate of drug-likeness (QED) is 0.696. The zero-order chi connectivity index (χ0) is 11.6. The van der Waals surface area contributed by atoms with Crippen LogP contribution in [0.1, 0.15) is 47.0 Å². The van der Waals surface area contributed by atoms with Gasteiger partial charge in [0.1, 0.15) is 0 Å². The molecular formula is C12H23NO2. The fourth-order valence-electron chi connectivity index (χ4n) is 1.91. The van der Waals surface area contributed by atoms with Gasteiger partial charge in [0.25, 0.3) is 0 Å². The highest BCUT2D eigenvalue weighted by Gasteiger charge is 2.29. The third-order valence-corrected chi connectivity index (χ3v) is 3.14. The lowest BCUT2D eigenvalue weighted by Crippen LogP contribution is -2.45. The third kappa shape index (κ3) is 3.49. The van der Waals surface area contributed by atoms with Gasteiger partial charge in [-0.1, -0.05) is 27.7 Å². The molecule has 0 spiro atoms. The summed E-state index contributed by atoms with van der Waals surface area (Å²) < 4.78 is 0. The molecule has 2 N–H and O–H groups in total. The van der Waals surface area contributed by atoms with Gasteiger partial charge in [0.05, 0.1) is 6.10 Å². The van der Waals surface area contributed by atoms with Crippen LogP contribution in [0.2, 0.25) is 0 Å². The lowest BCUT2D eigenvalue weighted by Gasteiger charge is -2.33. The maximum Gasteiger partial charge on any atom is 0.225 e.